The van der Waals surface area contributed by atoms with Gasteiger partial charge in [-0.05, 0) is 86.6 Å². The van der Waals surface area contributed by atoms with Crippen LogP contribution in [0.3, 0.4) is 0 Å². The summed E-state index contributed by atoms with van der Waals surface area (Å²) in [6, 6.07) is 9.70. The molecule has 1 N–H and O–H groups in total. The maximum absolute atomic E-state index is 13.9. The van der Waals surface area contributed by atoms with Crippen LogP contribution < -0.4 is 4.74 Å². The van der Waals surface area contributed by atoms with Crippen molar-refractivity contribution in [2.75, 3.05) is 6.54 Å². The minimum atomic E-state index is -4.72. The summed E-state index contributed by atoms with van der Waals surface area (Å²) < 4.78 is 76.4. The molecule has 44 heavy (non-hydrogen) atoms. The molecule has 0 bridgehead atoms. The molecule has 1 aromatic carbocycles. The third-order valence-electron chi connectivity index (χ3n) is 8.51. The maximum Gasteiger partial charge on any atom is 0.452 e. The van der Waals surface area contributed by atoms with Gasteiger partial charge in [-0.2, -0.15) is 17.5 Å². The van der Waals surface area contributed by atoms with Crippen LogP contribution >= 0.6 is 0 Å². The summed E-state index contributed by atoms with van der Waals surface area (Å²) in [6.07, 6.45) is -0.607. The molecule has 232 valence electrons. The van der Waals surface area contributed by atoms with Gasteiger partial charge in [0, 0.05) is 24.9 Å². The number of pyridine rings is 2. The Labute approximate surface area is 251 Å². The van der Waals surface area contributed by atoms with Crippen molar-refractivity contribution in [3.05, 3.63) is 82.4 Å². The molecule has 0 amide bonds. The third kappa shape index (κ3) is 5.09. The van der Waals surface area contributed by atoms with E-state index in [2.05, 4.69) is 15.2 Å². The highest BCUT2D eigenvalue weighted by Gasteiger charge is 2.52. The van der Waals surface area contributed by atoms with Crippen molar-refractivity contribution in [3.63, 3.8) is 0 Å². The summed E-state index contributed by atoms with van der Waals surface area (Å²) in [7, 11) is -4.01. The molecule has 0 radical (unpaired) electrons. The number of carboxylic acids is 1. The highest BCUT2D eigenvalue weighted by molar-refractivity contribution is 7.89. The summed E-state index contributed by atoms with van der Waals surface area (Å²) in [5.74, 6) is -3.05. The molecule has 1 aliphatic heterocycles. The molecule has 1 spiro atoms. The number of aryl methyl sites for hydroxylation is 2. The molecule has 10 nitrogen and oxygen atoms in total. The molecular formula is C30H30F3N5O5S. The Morgan fingerprint density at radius 2 is 1.80 bits per heavy atom. The lowest BCUT2D eigenvalue weighted by Gasteiger charge is -2.32. The lowest BCUT2D eigenvalue weighted by molar-refractivity contribution is -0.147. The number of hydrogen-bond donors (Lipinski definition) is 1. The molecule has 3 aromatic heterocycles. The van der Waals surface area contributed by atoms with Gasteiger partial charge in [-0.3, -0.25) is 9.20 Å². The van der Waals surface area contributed by atoms with Gasteiger partial charge in [0.25, 0.3) is 0 Å². The number of rotatable bonds is 6. The summed E-state index contributed by atoms with van der Waals surface area (Å²) in [4.78, 5) is 16.8. The maximum atomic E-state index is 13.9. The number of alkyl halides is 3. The van der Waals surface area contributed by atoms with E-state index in [4.69, 9.17) is 4.74 Å². The quantitative estimate of drug-likeness (QED) is 0.312. The number of sulfonamides is 1. The minimum Gasteiger partial charge on any atom is -0.481 e. The van der Waals surface area contributed by atoms with Crippen molar-refractivity contribution in [2.24, 2.45) is 5.41 Å². The number of ether oxygens (including phenoxy) is 1. The Hall–Kier alpha value is -4.04. The van der Waals surface area contributed by atoms with Gasteiger partial charge in [-0.25, -0.2) is 13.4 Å². The number of carbonyl (C=O) groups is 1. The van der Waals surface area contributed by atoms with Crippen LogP contribution in [0.25, 0.3) is 5.65 Å². The van der Waals surface area contributed by atoms with Crippen LogP contribution in [-0.2, 0) is 27.5 Å². The predicted molar refractivity (Wildman–Crippen MR) is 152 cm³/mol. The second-order valence-corrected chi connectivity index (χ2v) is 14.1. The van der Waals surface area contributed by atoms with Crippen LogP contribution in [0.4, 0.5) is 13.2 Å². The number of nitrogens with zero attached hydrogens (tertiary/aromatic N) is 5. The summed E-state index contributed by atoms with van der Waals surface area (Å²) in [5, 5.41) is 17.2. The predicted octanol–water partition coefficient (Wildman–Crippen LogP) is 5.12. The van der Waals surface area contributed by atoms with Crippen molar-refractivity contribution in [1.29, 1.82) is 0 Å². The second kappa shape index (κ2) is 9.99. The fraction of sp³-hybridized carbons (Fsp3) is 0.400. The number of aromatic nitrogens is 4. The van der Waals surface area contributed by atoms with Crippen molar-refractivity contribution in [3.8, 4) is 5.88 Å². The van der Waals surface area contributed by atoms with Gasteiger partial charge in [-0.15, -0.1) is 10.2 Å². The van der Waals surface area contributed by atoms with Gasteiger partial charge < -0.3 is 9.84 Å². The number of hydrogen-bond acceptors (Lipinski definition) is 7. The van der Waals surface area contributed by atoms with Gasteiger partial charge in [0.05, 0.1) is 12.0 Å². The van der Waals surface area contributed by atoms with Crippen molar-refractivity contribution in [2.45, 2.75) is 69.7 Å². The van der Waals surface area contributed by atoms with Crippen molar-refractivity contribution in [1.82, 2.24) is 23.9 Å². The van der Waals surface area contributed by atoms with E-state index in [0.29, 0.717) is 35.1 Å². The first-order valence-electron chi connectivity index (χ1n) is 13.9. The lowest BCUT2D eigenvalue weighted by Crippen LogP contribution is -2.38. The molecular weight excluding hydrogens is 599 g/mol. The first kappa shape index (κ1) is 30.0. The fourth-order valence-electron chi connectivity index (χ4n) is 5.77. The fourth-order valence-corrected chi connectivity index (χ4v) is 7.42. The topological polar surface area (TPSA) is 127 Å². The van der Waals surface area contributed by atoms with E-state index in [0.717, 1.165) is 9.96 Å². The van der Waals surface area contributed by atoms with Crippen LogP contribution in [0.1, 0.15) is 66.2 Å². The second-order valence-electron chi connectivity index (χ2n) is 12.2. The van der Waals surface area contributed by atoms with Crippen LogP contribution in [-0.4, -0.2) is 55.5 Å². The minimum absolute atomic E-state index is 0.000180. The Kier molecular flexibility index (Phi) is 6.81. The highest BCUT2D eigenvalue weighted by atomic mass is 32.2. The van der Waals surface area contributed by atoms with Crippen LogP contribution in [0.5, 0.6) is 5.88 Å². The molecule has 1 saturated carbocycles. The molecule has 1 aliphatic carbocycles. The van der Waals surface area contributed by atoms with E-state index < -0.39 is 44.9 Å². The smallest absolute Gasteiger partial charge is 0.452 e. The van der Waals surface area contributed by atoms with E-state index in [1.165, 1.54) is 36.5 Å². The summed E-state index contributed by atoms with van der Waals surface area (Å²) in [5.41, 5.74) is 0.928. The Morgan fingerprint density at radius 3 is 2.45 bits per heavy atom. The van der Waals surface area contributed by atoms with Gasteiger partial charge in [0.15, 0.2) is 5.65 Å². The van der Waals surface area contributed by atoms with Gasteiger partial charge in [-0.1, -0.05) is 18.2 Å². The van der Waals surface area contributed by atoms with Gasteiger partial charge in [0.1, 0.15) is 10.5 Å². The van der Waals surface area contributed by atoms with Crippen LogP contribution in [0, 0.1) is 19.3 Å². The Bertz CT molecular complexity index is 1920. The molecule has 1 unspecified atom stereocenters. The molecule has 1 atom stereocenters. The number of aliphatic carboxylic acids is 1. The molecule has 4 aromatic rings. The van der Waals surface area contributed by atoms with Crippen LogP contribution in [0.2, 0.25) is 0 Å². The highest BCUT2D eigenvalue weighted by Crippen LogP contribution is 2.47. The van der Waals surface area contributed by atoms with E-state index in [1.807, 2.05) is 6.92 Å². The van der Waals surface area contributed by atoms with Crippen LogP contribution in [0.15, 0.2) is 53.7 Å². The number of halogens is 3. The Balaban J connectivity index is 1.43. The van der Waals surface area contributed by atoms with Crippen molar-refractivity contribution >= 4 is 21.6 Å². The van der Waals surface area contributed by atoms with Gasteiger partial charge >= 0.3 is 12.1 Å². The van der Waals surface area contributed by atoms with E-state index in [1.54, 1.807) is 37.4 Å². The first-order chi connectivity index (χ1) is 20.5. The lowest BCUT2D eigenvalue weighted by atomic mass is 9.71. The van der Waals surface area contributed by atoms with E-state index >= 15 is 0 Å². The molecule has 4 heterocycles. The summed E-state index contributed by atoms with van der Waals surface area (Å²) in [6.45, 7) is 6.79. The zero-order valence-electron chi connectivity index (χ0n) is 24.4. The molecule has 2 aliphatic rings. The van der Waals surface area contributed by atoms with Crippen molar-refractivity contribution < 1.29 is 36.2 Å². The standard InChI is InChI=1S/C30H30F3N5O5S/c1-17-11-22-25(34-14-17)43-29(8-9-29)16-37(44(22,41)42)15-21-12-19(6-5-18(21)2)24(28(3,4)27(39)40)20-7-10-38-23(13-20)35-36-26(38)30(31,32)33/h5-7,10-14,24H,8-9,15-16H2,1-4H3,(H,39,40). The molecule has 6 rings (SSSR count). The molecule has 0 saturated heterocycles. The molecule has 1 fully saturated rings. The third-order valence-corrected chi connectivity index (χ3v) is 10.3. The Morgan fingerprint density at radius 1 is 1.09 bits per heavy atom. The van der Waals surface area contributed by atoms with Gasteiger partial charge in [0.2, 0.25) is 21.7 Å². The monoisotopic (exact) mass is 629 g/mol. The zero-order chi connectivity index (χ0) is 31.8. The average Bonchev–Trinajstić information content (AvgIpc) is 3.56. The normalized spacial score (nSPS) is 18.4. The summed E-state index contributed by atoms with van der Waals surface area (Å²) >= 11 is 0. The molecule has 14 heteroatoms. The van der Waals surface area contributed by atoms with E-state index in [-0.39, 0.29) is 29.5 Å². The van der Waals surface area contributed by atoms with E-state index in [9.17, 15) is 31.5 Å². The largest absolute Gasteiger partial charge is 0.481 e. The number of fused-ring (bicyclic) bond motifs is 2. The number of carboxylic acid groups (broad SMARTS) is 1. The SMILES string of the molecule is Cc1cnc2c(c1)S(=O)(=O)N(Cc1cc(C(c3ccn4c(C(F)(F)F)nnc4c3)C(C)(C)C(=O)O)ccc1C)CC1(CC1)O2. The first-order valence-corrected chi connectivity index (χ1v) is 15.4. The average molecular weight is 630 g/mol. The zero-order valence-corrected chi connectivity index (χ0v) is 25.2. The number of benzene rings is 1.